The SMILES string of the molecule is CCCCN(CCCCN(C)C)C(=O)CN1C[C@H](c2ccc3c(c2)OCO3)C(C(=O)O)[C@@H]1CCn1c(O)ccc1O. The number of ether oxygens (including phenoxy) is 2. The van der Waals surface area contributed by atoms with Crippen molar-refractivity contribution in [1.29, 1.82) is 0 Å². The van der Waals surface area contributed by atoms with Crippen molar-refractivity contribution in [2.45, 2.75) is 57.5 Å². The molecule has 1 saturated heterocycles. The summed E-state index contributed by atoms with van der Waals surface area (Å²) < 4.78 is 12.4. The molecule has 1 aromatic heterocycles. The first-order valence-electron chi connectivity index (χ1n) is 14.6. The molecule has 1 aromatic carbocycles. The second-order valence-electron chi connectivity index (χ2n) is 11.3. The Balaban J connectivity index is 1.57. The number of nitrogens with zero attached hydrogens (tertiary/aromatic N) is 4. The zero-order chi connectivity index (χ0) is 29.5. The number of aromatic hydroxyl groups is 2. The van der Waals surface area contributed by atoms with Crippen LogP contribution in [0.2, 0.25) is 0 Å². The van der Waals surface area contributed by atoms with E-state index in [0.29, 0.717) is 37.6 Å². The third-order valence-corrected chi connectivity index (χ3v) is 8.20. The van der Waals surface area contributed by atoms with Crippen molar-refractivity contribution in [2.24, 2.45) is 5.92 Å². The summed E-state index contributed by atoms with van der Waals surface area (Å²) in [5.41, 5.74) is 0.819. The molecular weight excluding hydrogens is 528 g/mol. The summed E-state index contributed by atoms with van der Waals surface area (Å²) >= 11 is 0. The molecule has 11 heteroatoms. The molecule has 2 aromatic rings. The Kier molecular flexibility index (Phi) is 10.4. The lowest BCUT2D eigenvalue weighted by Crippen LogP contribution is -2.45. The van der Waals surface area contributed by atoms with E-state index in [0.717, 1.165) is 37.8 Å². The Hall–Kier alpha value is -3.44. The highest BCUT2D eigenvalue weighted by Gasteiger charge is 2.47. The number of fused-ring (bicyclic) bond motifs is 1. The number of rotatable bonds is 15. The fraction of sp³-hybridized carbons (Fsp3) is 0.600. The van der Waals surface area contributed by atoms with Crippen molar-refractivity contribution in [2.75, 3.05) is 53.6 Å². The van der Waals surface area contributed by atoms with Crippen molar-refractivity contribution in [3.8, 4) is 23.3 Å². The molecule has 3 N–H and O–H groups in total. The maximum Gasteiger partial charge on any atom is 0.308 e. The van der Waals surface area contributed by atoms with E-state index in [1.165, 1.54) is 16.7 Å². The first kappa shape index (κ1) is 30.5. The molecule has 11 nitrogen and oxygen atoms in total. The Morgan fingerprint density at radius 3 is 2.34 bits per heavy atom. The van der Waals surface area contributed by atoms with E-state index in [4.69, 9.17) is 9.47 Å². The van der Waals surface area contributed by atoms with Crippen LogP contribution in [-0.2, 0) is 16.1 Å². The molecule has 2 aliphatic rings. The number of carboxylic acids is 1. The van der Waals surface area contributed by atoms with Gasteiger partial charge in [0.05, 0.1) is 12.5 Å². The Labute approximate surface area is 241 Å². The standard InChI is InChI=1S/C30H44N4O7/c1-4-5-14-32(15-7-6-13-31(2)3)28(37)19-33-18-22(21-8-9-24-25(17-21)41-20-40-24)29(30(38)39)23(33)12-16-34-26(35)10-11-27(34)36/h8-11,17,22-23,29,35-36H,4-7,12-16,18-20H2,1-3H3,(H,38,39)/t22-,23+,29?/m1/s1. The van der Waals surface area contributed by atoms with Gasteiger partial charge in [0.1, 0.15) is 0 Å². The number of aromatic nitrogens is 1. The van der Waals surface area contributed by atoms with E-state index < -0.39 is 17.9 Å². The molecule has 0 radical (unpaired) electrons. The number of benzene rings is 1. The van der Waals surface area contributed by atoms with Crippen molar-refractivity contribution in [3.63, 3.8) is 0 Å². The highest BCUT2D eigenvalue weighted by Crippen LogP contribution is 2.43. The summed E-state index contributed by atoms with van der Waals surface area (Å²) in [4.78, 5) is 32.5. The maximum absolute atomic E-state index is 13.7. The number of likely N-dealkylation sites (tertiary alicyclic amines) is 1. The van der Waals surface area contributed by atoms with Crippen LogP contribution in [-0.4, -0.2) is 106 Å². The number of aliphatic carboxylic acids is 1. The third-order valence-electron chi connectivity index (χ3n) is 8.20. The molecule has 1 amide bonds. The molecular formula is C30H44N4O7. The number of carbonyl (C=O) groups excluding carboxylic acids is 1. The van der Waals surface area contributed by atoms with E-state index in [9.17, 15) is 24.9 Å². The molecule has 3 heterocycles. The van der Waals surface area contributed by atoms with Gasteiger partial charge in [-0.05, 0) is 64.0 Å². The van der Waals surface area contributed by atoms with Gasteiger partial charge in [-0.3, -0.25) is 19.1 Å². The summed E-state index contributed by atoms with van der Waals surface area (Å²) in [6.07, 6.45) is 4.11. The quantitative estimate of drug-likeness (QED) is 0.276. The van der Waals surface area contributed by atoms with Crippen molar-refractivity contribution < 1.29 is 34.4 Å². The van der Waals surface area contributed by atoms with E-state index in [1.54, 1.807) is 6.07 Å². The van der Waals surface area contributed by atoms with Crippen LogP contribution >= 0.6 is 0 Å². The van der Waals surface area contributed by atoms with E-state index in [1.807, 2.05) is 36.0 Å². The summed E-state index contributed by atoms with van der Waals surface area (Å²) in [6, 6.07) is 7.82. The summed E-state index contributed by atoms with van der Waals surface area (Å²) in [6.45, 7) is 5.24. The first-order chi connectivity index (χ1) is 19.7. The van der Waals surface area contributed by atoms with Crippen molar-refractivity contribution >= 4 is 11.9 Å². The fourth-order valence-electron chi connectivity index (χ4n) is 5.99. The average Bonchev–Trinajstić information content (AvgIpc) is 3.63. The summed E-state index contributed by atoms with van der Waals surface area (Å²) in [5.74, 6) is -1.10. The molecule has 226 valence electrons. The minimum Gasteiger partial charge on any atom is -0.494 e. The van der Waals surface area contributed by atoms with Gasteiger partial charge in [0.25, 0.3) is 0 Å². The molecule has 1 fully saturated rings. The van der Waals surface area contributed by atoms with Gasteiger partial charge in [0.15, 0.2) is 23.3 Å². The summed E-state index contributed by atoms with van der Waals surface area (Å²) in [5, 5.41) is 30.8. The van der Waals surface area contributed by atoms with E-state index >= 15 is 0 Å². The van der Waals surface area contributed by atoms with Crippen LogP contribution in [0, 0.1) is 5.92 Å². The normalized spacial score (nSPS) is 20.1. The monoisotopic (exact) mass is 572 g/mol. The minimum atomic E-state index is -0.944. The van der Waals surface area contributed by atoms with Gasteiger partial charge in [-0.15, -0.1) is 0 Å². The first-order valence-corrected chi connectivity index (χ1v) is 14.6. The zero-order valence-corrected chi connectivity index (χ0v) is 24.4. The largest absolute Gasteiger partial charge is 0.494 e. The minimum absolute atomic E-state index is 0.00422. The predicted molar refractivity (Wildman–Crippen MR) is 153 cm³/mol. The molecule has 2 aliphatic heterocycles. The van der Waals surface area contributed by atoms with Gasteiger partial charge in [-0.2, -0.15) is 0 Å². The number of carboxylic acid groups (broad SMARTS) is 1. The average molecular weight is 573 g/mol. The van der Waals surface area contributed by atoms with Crippen molar-refractivity contribution in [3.05, 3.63) is 35.9 Å². The Morgan fingerprint density at radius 1 is 0.976 bits per heavy atom. The highest BCUT2D eigenvalue weighted by atomic mass is 16.7. The van der Waals surface area contributed by atoms with Gasteiger partial charge in [-0.25, -0.2) is 0 Å². The second kappa shape index (κ2) is 14.0. The summed E-state index contributed by atoms with van der Waals surface area (Å²) in [7, 11) is 4.08. The zero-order valence-electron chi connectivity index (χ0n) is 24.4. The van der Waals surface area contributed by atoms with Crippen LogP contribution in [0.3, 0.4) is 0 Å². The number of hydrogen-bond acceptors (Lipinski definition) is 8. The van der Waals surface area contributed by atoms with Crippen LogP contribution in [0.15, 0.2) is 30.3 Å². The smallest absolute Gasteiger partial charge is 0.308 e. The molecule has 0 aliphatic carbocycles. The predicted octanol–water partition coefficient (Wildman–Crippen LogP) is 3.16. The van der Waals surface area contributed by atoms with Crippen molar-refractivity contribution in [1.82, 2.24) is 19.3 Å². The third kappa shape index (κ3) is 7.45. The van der Waals surface area contributed by atoms with Crippen LogP contribution in [0.25, 0.3) is 0 Å². The van der Waals surface area contributed by atoms with E-state index in [-0.39, 0.29) is 43.5 Å². The lowest BCUT2D eigenvalue weighted by molar-refractivity contribution is -0.144. The molecule has 3 atom stereocenters. The van der Waals surface area contributed by atoms with Crippen LogP contribution in [0.5, 0.6) is 23.3 Å². The second-order valence-corrected chi connectivity index (χ2v) is 11.3. The molecule has 4 rings (SSSR count). The van der Waals surface area contributed by atoms with Gasteiger partial charge in [0, 0.05) is 50.3 Å². The highest BCUT2D eigenvalue weighted by molar-refractivity contribution is 5.79. The lowest BCUT2D eigenvalue weighted by Gasteiger charge is -2.30. The van der Waals surface area contributed by atoms with Crippen LogP contribution < -0.4 is 9.47 Å². The topological polar surface area (TPSA) is 128 Å². The number of unbranched alkanes of at least 4 members (excludes halogenated alkanes) is 2. The number of hydrogen-bond donors (Lipinski definition) is 3. The Morgan fingerprint density at radius 2 is 1.66 bits per heavy atom. The maximum atomic E-state index is 13.7. The molecule has 1 unspecified atom stereocenters. The molecule has 0 spiro atoms. The molecule has 0 bridgehead atoms. The Bertz CT molecular complexity index is 1160. The van der Waals surface area contributed by atoms with Gasteiger partial charge in [0.2, 0.25) is 12.7 Å². The van der Waals surface area contributed by atoms with E-state index in [2.05, 4.69) is 11.8 Å². The number of amides is 1. The van der Waals surface area contributed by atoms with Crippen LogP contribution in [0.4, 0.5) is 0 Å². The molecule has 41 heavy (non-hydrogen) atoms. The molecule has 0 saturated carbocycles. The lowest BCUT2D eigenvalue weighted by atomic mass is 9.84. The van der Waals surface area contributed by atoms with Gasteiger partial charge < -0.3 is 34.6 Å². The fourth-order valence-corrected chi connectivity index (χ4v) is 5.99. The van der Waals surface area contributed by atoms with Crippen LogP contribution in [0.1, 0.15) is 50.5 Å². The van der Waals surface area contributed by atoms with Gasteiger partial charge in [-0.1, -0.05) is 19.4 Å². The van der Waals surface area contributed by atoms with Gasteiger partial charge >= 0.3 is 5.97 Å². The number of carbonyl (C=O) groups is 2.